The molecule has 3 heterocycles. The summed E-state index contributed by atoms with van der Waals surface area (Å²) in [5, 5.41) is 16.8. The Labute approximate surface area is 155 Å². The zero-order valence-corrected chi connectivity index (χ0v) is 14.7. The van der Waals surface area contributed by atoms with Gasteiger partial charge in [-0.3, -0.25) is 4.79 Å². The Morgan fingerprint density at radius 3 is 2.74 bits per heavy atom. The number of allylic oxidation sites excluding steroid dienone is 1. The molecule has 0 unspecified atom stereocenters. The summed E-state index contributed by atoms with van der Waals surface area (Å²) in [6, 6.07) is 6.94. The fraction of sp³-hybridized carbons (Fsp3) is 0.350. The van der Waals surface area contributed by atoms with E-state index in [2.05, 4.69) is 5.10 Å². The number of aliphatic carboxylic acids is 1. The van der Waals surface area contributed by atoms with Gasteiger partial charge in [-0.15, -0.1) is 0 Å². The van der Waals surface area contributed by atoms with Crippen molar-refractivity contribution < 1.29 is 23.5 Å². The minimum Gasteiger partial charge on any atom is -0.550 e. The number of carbonyl (C=O) groups is 2. The summed E-state index contributed by atoms with van der Waals surface area (Å²) < 4.78 is 11.0. The lowest BCUT2D eigenvalue weighted by Crippen LogP contribution is -2.32. The number of carboxylic acids is 1. The van der Waals surface area contributed by atoms with Crippen molar-refractivity contribution in [2.75, 3.05) is 0 Å². The van der Waals surface area contributed by atoms with Crippen LogP contribution in [0.15, 0.2) is 56.3 Å². The van der Waals surface area contributed by atoms with Gasteiger partial charge in [0.15, 0.2) is 0 Å². The fourth-order valence-corrected chi connectivity index (χ4v) is 3.81. The number of nitrogens with zero attached hydrogens (tertiary/aromatic N) is 2. The molecule has 140 valence electrons. The summed E-state index contributed by atoms with van der Waals surface area (Å²) in [6.07, 6.45) is 7.36. The van der Waals surface area contributed by atoms with E-state index in [1.54, 1.807) is 18.6 Å². The van der Waals surface area contributed by atoms with Crippen molar-refractivity contribution in [3.63, 3.8) is 0 Å². The highest BCUT2D eigenvalue weighted by molar-refractivity contribution is 6.07. The highest BCUT2D eigenvalue weighted by atomic mass is 16.4. The van der Waals surface area contributed by atoms with Gasteiger partial charge in [-0.05, 0) is 61.6 Å². The third-order valence-electron chi connectivity index (χ3n) is 4.99. The second-order valence-corrected chi connectivity index (χ2v) is 6.74. The maximum absolute atomic E-state index is 12.7. The Morgan fingerprint density at radius 2 is 2.04 bits per heavy atom. The van der Waals surface area contributed by atoms with Crippen molar-refractivity contribution in [2.45, 2.75) is 38.1 Å². The number of hydrazone groups is 1. The second kappa shape index (κ2) is 7.26. The lowest BCUT2D eigenvalue weighted by Gasteiger charge is -2.27. The molecule has 0 bridgehead atoms. The van der Waals surface area contributed by atoms with E-state index in [9.17, 15) is 14.7 Å². The first-order valence-corrected chi connectivity index (χ1v) is 9.02. The monoisotopic (exact) mass is 367 g/mol. The third kappa shape index (κ3) is 3.45. The van der Waals surface area contributed by atoms with E-state index in [0.717, 1.165) is 36.3 Å². The Bertz CT molecular complexity index is 880. The lowest BCUT2D eigenvalue weighted by atomic mass is 9.79. The van der Waals surface area contributed by atoms with Crippen molar-refractivity contribution in [3.8, 4) is 0 Å². The minimum atomic E-state index is -1.25. The summed E-state index contributed by atoms with van der Waals surface area (Å²) in [5.41, 5.74) is 1.88. The molecule has 7 heteroatoms. The Balaban J connectivity index is 1.68. The minimum absolute atomic E-state index is 0.0121. The molecule has 27 heavy (non-hydrogen) atoms. The molecule has 1 amide bonds. The molecule has 7 nitrogen and oxygen atoms in total. The average molecular weight is 367 g/mol. The van der Waals surface area contributed by atoms with Crippen LogP contribution in [0.3, 0.4) is 0 Å². The number of amides is 1. The van der Waals surface area contributed by atoms with E-state index < -0.39 is 5.97 Å². The van der Waals surface area contributed by atoms with Crippen LogP contribution in [0.5, 0.6) is 0 Å². The molecular weight excluding hydrogens is 348 g/mol. The van der Waals surface area contributed by atoms with Crippen LogP contribution in [0.25, 0.3) is 6.08 Å². The van der Waals surface area contributed by atoms with Crippen LogP contribution in [-0.4, -0.2) is 22.6 Å². The SMILES string of the molecule is O=C([O-])CCC(=O)N1N=C2/C(=C/c3ccco3)CCC[C@H]2[C@@H]1c1ccco1. The maximum atomic E-state index is 12.7. The molecule has 0 aromatic carbocycles. The largest absolute Gasteiger partial charge is 0.550 e. The smallest absolute Gasteiger partial charge is 0.243 e. The van der Waals surface area contributed by atoms with Gasteiger partial charge in [0.25, 0.3) is 0 Å². The van der Waals surface area contributed by atoms with E-state index in [4.69, 9.17) is 8.83 Å². The van der Waals surface area contributed by atoms with Crippen molar-refractivity contribution in [2.24, 2.45) is 11.0 Å². The number of fused-ring (bicyclic) bond motifs is 1. The molecule has 1 fully saturated rings. The molecule has 1 aliphatic carbocycles. The van der Waals surface area contributed by atoms with Crippen molar-refractivity contribution in [1.82, 2.24) is 5.01 Å². The summed E-state index contributed by atoms with van der Waals surface area (Å²) in [4.78, 5) is 23.4. The van der Waals surface area contributed by atoms with Crippen LogP contribution in [-0.2, 0) is 9.59 Å². The first kappa shape index (κ1) is 17.3. The van der Waals surface area contributed by atoms with Gasteiger partial charge in [-0.25, -0.2) is 5.01 Å². The molecular formula is C20H19N2O5-. The van der Waals surface area contributed by atoms with Gasteiger partial charge in [-0.1, -0.05) is 0 Å². The zero-order chi connectivity index (χ0) is 18.8. The van der Waals surface area contributed by atoms with Crippen LogP contribution in [0.2, 0.25) is 0 Å². The lowest BCUT2D eigenvalue weighted by molar-refractivity contribution is -0.305. The molecule has 0 saturated heterocycles. The average Bonchev–Trinajstić information content (AvgIpc) is 3.39. The highest BCUT2D eigenvalue weighted by Crippen LogP contribution is 2.44. The number of carbonyl (C=O) groups excluding carboxylic acids is 2. The van der Waals surface area contributed by atoms with Crippen LogP contribution in [0, 0.1) is 5.92 Å². The molecule has 2 aromatic rings. The Morgan fingerprint density at radius 1 is 1.22 bits per heavy atom. The topological polar surface area (TPSA) is 99.1 Å². The normalized spacial score (nSPS) is 23.3. The maximum Gasteiger partial charge on any atom is 0.243 e. The van der Waals surface area contributed by atoms with E-state index in [-0.39, 0.29) is 30.7 Å². The molecule has 1 saturated carbocycles. The molecule has 4 rings (SSSR count). The van der Waals surface area contributed by atoms with Gasteiger partial charge >= 0.3 is 0 Å². The van der Waals surface area contributed by atoms with Gasteiger partial charge < -0.3 is 18.7 Å². The van der Waals surface area contributed by atoms with Gasteiger partial charge in [0.2, 0.25) is 5.91 Å². The molecule has 2 atom stereocenters. The van der Waals surface area contributed by atoms with Crippen molar-refractivity contribution in [3.05, 3.63) is 53.9 Å². The molecule has 1 aliphatic heterocycles. The van der Waals surface area contributed by atoms with Crippen LogP contribution >= 0.6 is 0 Å². The summed E-state index contributed by atoms with van der Waals surface area (Å²) >= 11 is 0. The predicted molar refractivity (Wildman–Crippen MR) is 94.0 cm³/mol. The molecule has 2 aliphatic rings. The zero-order valence-electron chi connectivity index (χ0n) is 14.7. The first-order chi connectivity index (χ1) is 13.1. The molecule has 0 spiro atoms. The van der Waals surface area contributed by atoms with Gasteiger partial charge in [0.05, 0.1) is 18.2 Å². The van der Waals surface area contributed by atoms with Crippen molar-refractivity contribution in [1.29, 1.82) is 0 Å². The highest BCUT2D eigenvalue weighted by Gasteiger charge is 2.44. The van der Waals surface area contributed by atoms with Crippen molar-refractivity contribution >= 4 is 23.7 Å². The molecule has 2 aromatic heterocycles. The summed E-state index contributed by atoms with van der Waals surface area (Å²) in [5.74, 6) is -0.192. The van der Waals surface area contributed by atoms with Gasteiger partial charge in [0.1, 0.15) is 17.6 Å². The summed E-state index contributed by atoms with van der Waals surface area (Å²) in [6.45, 7) is 0. The predicted octanol–water partition coefficient (Wildman–Crippen LogP) is 2.53. The summed E-state index contributed by atoms with van der Waals surface area (Å²) in [7, 11) is 0. The van der Waals surface area contributed by atoms with Crippen LogP contribution in [0.1, 0.15) is 49.7 Å². The standard InChI is InChI=1S/C20H20N2O5/c23-17(8-9-18(24)25)22-20(16-7-3-11-27-16)15-6-1-4-13(19(15)21-22)12-14-5-2-10-26-14/h2-3,5,7,10-12,15,20H,1,4,6,8-9H2,(H,24,25)/p-1/b13-12+/t15-,20-/m1/s1. The quantitative estimate of drug-likeness (QED) is 0.808. The number of hydrogen-bond acceptors (Lipinski definition) is 6. The van der Waals surface area contributed by atoms with E-state index in [1.165, 1.54) is 5.01 Å². The molecule has 0 radical (unpaired) electrons. The second-order valence-electron chi connectivity index (χ2n) is 6.74. The van der Waals surface area contributed by atoms with E-state index in [0.29, 0.717) is 5.76 Å². The Kier molecular flexibility index (Phi) is 4.66. The third-order valence-corrected chi connectivity index (χ3v) is 4.99. The number of carboxylic acid groups (broad SMARTS) is 1. The Hall–Kier alpha value is -3.09. The molecule has 0 N–H and O–H groups in total. The van der Waals surface area contributed by atoms with E-state index in [1.807, 2.05) is 24.3 Å². The first-order valence-electron chi connectivity index (χ1n) is 9.02. The van der Waals surface area contributed by atoms with Gasteiger partial charge in [-0.2, -0.15) is 5.10 Å². The van der Waals surface area contributed by atoms with Gasteiger partial charge in [0, 0.05) is 18.3 Å². The fourth-order valence-electron chi connectivity index (χ4n) is 3.81. The van der Waals surface area contributed by atoms with Crippen LogP contribution < -0.4 is 5.11 Å². The number of furan rings is 2. The van der Waals surface area contributed by atoms with E-state index >= 15 is 0 Å². The van der Waals surface area contributed by atoms with Crippen LogP contribution in [0.4, 0.5) is 0 Å². The number of rotatable bonds is 5. The number of hydrogen-bond donors (Lipinski definition) is 0.